The van der Waals surface area contributed by atoms with Crippen molar-refractivity contribution in [1.82, 2.24) is 10.3 Å². The molecule has 2 heterocycles. The molecule has 0 saturated heterocycles. The van der Waals surface area contributed by atoms with Crippen molar-refractivity contribution >= 4 is 23.1 Å². The molecule has 0 radical (unpaired) electrons. The average Bonchev–Trinajstić information content (AvgIpc) is 2.97. The molecule has 1 atom stereocenters. The second-order valence-corrected chi connectivity index (χ2v) is 6.18. The van der Waals surface area contributed by atoms with E-state index in [1.807, 2.05) is 6.92 Å². The van der Waals surface area contributed by atoms with Crippen LogP contribution in [0.1, 0.15) is 46.6 Å². The molecule has 0 fully saturated rings. The molecule has 3 rings (SSSR count). The van der Waals surface area contributed by atoms with E-state index >= 15 is 0 Å². The average molecular weight is 301 g/mol. The van der Waals surface area contributed by atoms with Crippen molar-refractivity contribution in [3.63, 3.8) is 0 Å². The van der Waals surface area contributed by atoms with Crippen molar-refractivity contribution in [3.05, 3.63) is 45.8 Å². The van der Waals surface area contributed by atoms with Gasteiger partial charge in [0.2, 0.25) is 0 Å². The number of nitrogens with one attached hydrogen (secondary N) is 2. The van der Waals surface area contributed by atoms with Crippen molar-refractivity contribution in [2.75, 3.05) is 11.9 Å². The first kappa shape index (κ1) is 14.1. The second-order valence-electron chi connectivity index (χ2n) is 5.18. The summed E-state index contributed by atoms with van der Waals surface area (Å²) >= 11 is 1.79. The molecule has 5 heteroatoms. The highest BCUT2D eigenvalue weighted by molar-refractivity contribution is 7.10. The third-order valence-corrected chi connectivity index (χ3v) is 4.73. The highest BCUT2D eigenvalue weighted by Gasteiger charge is 2.23. The van der Waals surface area contributed by atoms with Crippen LogP contribution >= 0.6 is 11.3 Å². The van der Waals surface area contributed by atoms with Crippen LogP contribution in [-0.4, -0.2) is 17.4 Å². The van der Waals surface area contributed by atoms with E-state index in [1.165, 1.54) is 10.4 Å². The van der Waals surface area contributed by atoms with Gasteiger partial charge in [0, 0.05) is 23.2 Å². The molecule has 2 N–H and O–H groups in total. The molecule has 110 valence electrons. The number of fused-ring (bicyclic) bond motifs is 1. The number of rotatable bonds is 4. The van der Waals surface area contributed by atoms with Crippen LogP contribution in [0.4, 0.5) is 5.82 Å². The van der Waals surface area contributed by atoms with Gasteiger partial charge in [-0.2, -0.15) is 0 Å². The molecule has 0 saturated carbocycles. The van der Waals surface area contributed by atoms with Crippen molar-refractivity contribution in [2.45, 2.75) is 32.2 Å². The van der Waals surface area contributed by atoms with Crippen LogP contribution in [0.15, 0.2) is 29.8 Å². The van der Waals surface area contributed by atoms with Gasteiger partial charge in [0.05, 0.1) is 6.04 Å². The van der Waals surface area contributed by atoms with Crippen molar-refractivity contribution in [1.29, 1.82) is 0 Å². The zero-order valence-electron chi connectivity index (χ0n) is 12.1. The first-order valence-electron chi connectivity index (χ1n) is 7.35. The normalized spacial score (nSPS) is 17.1. The number of amides is 1. The van der Waals surface area contributed by atoms with E-state index in [0.717, 1.165) is 31.6 Å². The molecule has 21 heavy (non-hydrogen) atoms. The first-order chi connectivity index (χ1) is 10.3. The van der Waals surface area contributed by atoms with E-state index in [1.54, 1.807) is 29.7 Å². The van der Waals surface area contributed by atoms with Crippen LogP contribution in [-0.2, 0) is 6.42 Å². The summed E-state index contributed by atoms with van der Waals surface area (Å²) < 4.78 is 0. The molecule has 0 aromatic carbocycles. The van der Waals surface area contributed by atoms with Crippen LogP contribution in [0, 0.1) is 0 Å². The molecule has 2 aromatic heterocycles. The second kappa shape index (κ2) is 6.26. The summed E-state index contributed by atoms with van der Waals surface area (Å²) in [6.07, 6.45) is 4.96. The number of hydrogen-bond donors (Lipinski definition) is 2. The smallest absolute Gasteiger partial charge is 0.251 e. The lowest BCUT2D eigenvalue weighted by Crippen LogP contribution is -2.30. The summed E-state index contributed by atoms with van der Waals surface area (Å²) in [6, 6.07) is 5.84. The van der Waals surface area contributed by atoms with E-state index in [9.17, 15) is 4.79 Å². The Morgan fingerprint density at radius 1 is 1.48 bits per heavy atom. The van der Waals surface area contributed by atoms with Crippen LogP contribution in [0.3, 0.4) is 0 Å². The first-order valence-corrected chi connectivity index (χ1v) is 8.23. The third-order valence-electron chi connectivity index (χ3n) is 3.74. The van der Waals surface area contributed by atoms with Crippen molar-refractivity contribution in [2.24, 2.45) is 0 Å². The van der Waals surface area contributed by atoms with Crippen molar-refractivity contribution in [3.8, 4) is 0 Å². The number of aromatic nitrogens is 1. The lowest BCUT2D eigenvalue weighted by Gasteiger charge is -2.23. The Hall–Kier alpha value is -1.88. The van der Waals surface area contributed by atoms with Gasteiger partial charge in [-0.25, -0.2) is 4.98 Å². The number of hydrogen-bond acceptors (Lipinski definition) is 4. The number of carbonyl (C=O) groups excluding carboxylic acids is 1. The predicted molar refractivity (Wildman–Crippen MR) is 85.9 cm³/mol. The van der Waals surface area contributed by atoms with Gasteiger partial charge >= 0.3 is 0 Å². The zero-order valence-corrected chi connectivity index (χ0v) is 12.9. The summed E-state index contributed by atoms with van der Waals surface area (Å²) in [5, 5.41) is 8.40. The zero-order chi connectivity index (χ0) is 14.7. The predicted octanol–water partition coefficient (Wildman–Crippen LogP) is 3.38. The van der Waals surface area contributed by atoms with E-state index in [0.29, 0.717) is 5.56 Å². The summed E-state index contributed by atoms with van der Waals surface area (Å²) in [6.45, 7) is 2.80. The monoisotopic (exact) mass is 301 g/mol. The van der Waals surface area contributed by atoms with E-state index in [2.05, 4.69) is 27.1 Å². The van der Waals surface area contributed by atoms with Crippen LogP contribution in [0.5, 0.6) is 0 Å². The van der Waals surface area contributed by atoms with E-state index < -0.39 is 0 Å². The fourth-order valence-corrected chi connectivity index (χ4v) is 3.71. The van der Waals surface area contributed by atoms with Gasteiger partial charge in [0.1, 0.15) is 5.82 Å². The van der Waals surface area contributed by atoms with E-state index in [-0.39, 0.29) is 11.9 Å². The molecule has 1 aliphatic rings. The van der Waals surface area contributed by atoms with Crippen molar-refractivity contribution < 1.29 is 4.79 Å². The fourth-order valence-electron chi connectivity index (χ4n) is 2.73. The van der Waals surface area contributed by atoms with Gasteiger partial charge < -0.3 is 10.6 Å². The Bertz CT molecular complexity index is 638. The maximum atomic E-state index is 12.4. The van der Waals surface area contributed by atoms with Crippen LogP contribution in [0.25, 0.3) is 0 Å². The molecule has 1 amide bonds. The van der Waals surface area contributed by atoms with Gasteiger partial charge in [-0.15, -0.1) is 11.3 Å². The Kier molecular flexibility index (Phi) is 4.20. The van der Waals surface area contributed by atoms with E-state index in [4.69, 9.17) is 0 Å². The molecule has 0 aliphatic heterocycles. The number of anilines is 1. The number of aryl methyl sites for hydroxylation is 1. The molecule has 4 nitrogen and oxygen atoms in total. The summed E-state index contributed by atoms with van der Waals surface area (Å²) in [7, 11) is 0. The Labute approximate surface area is 128 Å². The summed E-state index contributed by atoms with van der Waals surface area (Å²) in [4.78, 5) is 18.0. The van der Waals surface area contributed by atoms with Gasteiger partial charge in [0.15, 0.2) is 0 Å². The molecule has 2 aromatic rings. The van der Waals surface area contributed by atoms with Gasteiger partial charge in [-0.05, 0) is 55.3 Å². The number of thiophene rings is 1. The molecule has 0 spiro atoms. The third kappa shape index (κ3) is 3.08. The summed E-state index contributed by atoms with van der Waals surface area (Å²) in [5.41, 5.74) is 1.95. The Morgan fingerprint density at radius 2 is 2.38 bits per heavy atom. The lowest BCUT2D eigenvalue weighted by atomic mass is 9.94. The number of pyridine rings is 1. The standard InChI is InChI=1S/C16H19N3OS/c1-2-17-15-10-11(6-8-18-15)16(20)19-13-4-3-5-14-12(13)7-9-21-14/h6-10,13H,2-5H2,1H3,(H,17,18)(H,19,20). The minimum Gasteiger partial charge on any atom is -0.370 e. The number of carbonyl (C=O) groups is 1. The maximum absolute atomic E-state index is 12.4. The molecule has 1 aliphatic carbocycles. The summed E-state index contributed by atoms with van der Waals surface area (Å²) in [5.74, 6) is 0.714. The van der Waals surface area contributed by atoms with Gasteiger partial charge in [-0.1, -0.05) is 0 Å². The lowest BCUT2D eigenvalue weighted by molar-refractivity contribution is 0.0933. The molecular formula is C16H19N3OS. The minimum absolute atomic E-state index is 0.0272. The largest absolute Gasteiger partial charge is 0.370 e. The quantitative estimate of drug-likeness (QED) is 0.910. The maximum Gasteiger partial charge on any atom is 0.251 e. The molecule has 1 unspecified atom stereocenters. The topological polar surface area (TPSA) is 54.0 Å². The minimum atomic E-state index is -0.0272. The molecular weight excluding hydrogens is 282 g/mol. The molecule has 0 bridgehead atoms. The number of nitrogens with zero attached hydrogens (tertiary/aromatic N) is 1. The highest BCUT2D eigenvalue weighted by atomic mass is 32.1. The van der Waals surface area contributed by atoms with Crippen LogP contribution < -0.4 is 10.6 Å². The Balaban J connectivity index is 1.74. The highest BCUT2D eigenvalue weighted by Crippen LogP contribution is 2.33. The fraction of sp³-hybridized carbons (Fsp3) is 0.375. The van der Waals surface area contributed by atoms with Gasteiger partial charge in [-0.3, -0.25) is 4.79 Å². The van der Waals surface area contributed by atoms with Crippen LogP contribution in [0.2, 0.25) is 0 Å². The van der Waals surface area contributed by atoms with Gasteiger partial charge in [0.25, 0.3) is 5.91 Å². The SMILES string of the molecule is CCNc1cc(C(=O)NC2CCCc3sccc32)ccn1. The Morgan fingerprint density at radius 3 is 3.24 bits per heavy atom.